The Kier molecular flexibility index (Phi) is 5.78. The molecule has 0 spiro atoms. The Morgan fingerprint density at radius 3 is 1.88 bits per heavy atom. The smallest absolute Gasteiger partial charge is 0.328 e. The Balaban J connectivity index is 5.17. The SMILES string of the molecule is C=CCC(CC=C)(C[N+](C)(C)C)OP(=O)(O)O. The van der Waals surface area contributed by atoms with Crippen molar-refractivity contribution in [1.82, 2.24) is 0 Å². The number of phosphoric ester groups is 1. The van der Waals surface area contributed by atoms with Crippen molar-refractivity contribution < 1.29 is 23.4 Å². The second-order valence-electron chi connectivity index (χ2n) is 5.20. The molecule has 0 aromatic heterocycles. The minimum atomic E-state index is -4.54. The first-order chi connectivity index (χ1) is 7.54. The van der Waals surface area contributed by atoms with Crippen LogP contribution in [0.1, 0.15) is 12.8 Å². The lowest BCUT2D eigenvalue weighted by atomic mass is 9.94. The molecule has 0 heterocycles. The van der Waals surface area contributed by atoms with Crippen molar-refractivity contribution in [1.29, 1.82) is 0 Å². The Labute approximate surface area is 103 Å². The zero-order chi connectivity index (χ0) is 13.7. The van der Waals surface area contributed by atoms with Gasteiger partial charge in [0.1, 0.15) is 12.1 Å². The van der Waals surface area contributed by atoms with E-state index in [1.807, 2.05) is 21.1 Å². The van der Waals surface area contributed by atoms with E-state index >= 15 is 0 Å². The molecule has 17 heavy (non-hydrogen) atoms. The molecule has 0 radical (unpaired) electrons. The zero-order valence-electron chi connectivity index (χ0n) is 10.8. The van der Waals surface area contributed by atoms with Crippen LogP contribution < -0.4 is 0 Å². The molecular formula is C11H23NO4P+. The van der Waals surface area contributed by atoms with Crippen LogP contribution in [0.5, 0.6) is 0 Å². The summed E-state index contributed by atoms with van der Waals surface area (Å²) in [6.07, 6.45) is 3.93. The first-order valence-electron chi connectivity index (χ1n) is 5.32. The van der Waals surface area contributed by atoms with Gasteiger partial charge in [-0.25, -0.2) is 4.57 Å². The van der Waals surface area contributed by atoms with Gasteiger partial charge in [0.05, 0.1) is 21.1 Å². The predicted octanol–water partition coefficient (Wildman–Crippen LogP) is 1.69. The van der Waals surface area contributed by atoms with Crippen LogP contribution in [0.15, 0.2) is 25.3 Å². The van der Waals surface area contributed by atoms with E-state index in [-0.39, 0.29) is 0 Å². The second-order valence-corrected chi connectivity index (χ2v) is 6.36. The molecule has 2 N–H and O–H groups in total. The van der Waals surface area contributed by atoms with E-state index in [0.29, 0.717) is 23.9 Å². The third-order valence-electron chi connectivity index (χ3n) is 2.11. The maximum Gasteiger partial charge on any atom is 0.470 e. The number of rotatable bonds is 8. The van der Waals surface area contributed by atoms with Gasteiger partial charge in [-0.1, -0.05) is 12.2 Å². The maximum atomic E-state index is 11.1. The predicted molar refractivity (Wildman–Crippen MR) is 68.4 cm³/mol. The van der Waals surface area contributed by atoms with Gasteiger partial charge < -0.3 is 14.3 Å². The summed E-state index contributed by atoms with van der Waals surface area (Å²) in [4.78, 5) is 18.0. The highest BCUT2D eigenvalue weighted by Gasteiger charge is 2.40. The van der Waals surface area contributed by atoms with Gasteiger partial charge in [0.15, 0.2) is 0 Å². The average molecular weight is 264 g/mol. The fraction of sp³-hybridized carbons (Fsp3) is 0.636. The summed E-state index contributed by atoms with van der Waals surface area (Å²) >= 11 is 0. The molecule has 6 heteroatoms. The summed E-state index contributed by atoms with van der Waals surface area (Å²) in [5.41, 5.74) is -0.958. The van der Waals surface area contributed by atoms with Crippen molar-refractivity contribution in [3.8, 4) is 0 Å². The minimum absolute atomic E-state index is 0.361. The normalized spacial score (nSPS) is 13.5. The van der Waals surface area contributed by atoms with Crippen molar-refractivity contribution >= 4 is 7.82 Å². The molecule has 0 saturated carbocycles. The number of phosphoric acid groups is 1. The lowest BCUT2D eigenvalue weighted by molar-refractivity contribution is -0.876. The zero-order valence-corrected chi connectivity index (χ0v) is 11.7. The number of quaternary nitrogens is 1. The highest BCUT2D eigenvalue weighted by Crippen LogP contribution is 2.44. The molecule has 0 fully saturated rings. The van der Waals surface area contributed by atoms with Crippen molar-refractivity contribution in [3.63, 3.8) is 0 Å². The molecular weight excluding hydrogens is 241 g/mol. The molecule has 0 atom stereocenters. The van der Waals surface area contributed by atoms with Gasteiger partial charge in [0.25, 0.3) is 0 Å². The van der Waals surface area contributed by atoms with E-state index in [9.17, 15) is 4.57 Å². The van der Waals surface area contributed by atoms with Crippen molar-refractivity contribution in [2.75, 3.05) is 27.7 Å². The first kappa shape index (κ1) is 16.6. The summed E-state index contributed by atoms with van der Waals surface area (Å²) in [7, 11) is 1.27. The molecule has 0 unspecified atom stereocenters. The van der Waals surface area contributed by atoms with Gasteiger partial charge in [-0.05, 0) is 0 Å². The van der Waals surface area contributed by atoms with E-state index in [0.717, 1.165) is 0 Å². The fourth-order valence-electron chi connectivity index (χ4n) is 1.96. The van der Waals surface area contributed by atoms with Gasteiger partial charge in [-0.2, -0.15) is 0 Å². The molecule has 0 bridgehead atoms. The maximum absolute atomic E-state index is 11.1. The van der Waals surface area contributed by atoms with E-state index < -0.39 is 13.4 Å². The molecule has 0 aromatic rings. The highest BCUT2D eigenvalue weighted by atomic mass is 31.2. The van der Waals surface area contributed by atoms with Crippen LogP contribution in [0.2, 0.25) is 0 Å². The average Bonchev–Trinajstić information content (AvgIpc) is 1.96. The van der Waals surface area contributed by atoms with Gasteiger partial charge >= 0.3 is 7.82 Å². The number of likely N-dealkylation sites (N-methyl/N-ethyl adjacent to an activating group) is 1. The van der Waals surface area contributed by atoms with Gasteiger partial charge in [0, 0.05) is 12.8 Å². The Hall–Kier alpha value is -0.450. The van der Waals surface area contributed by atoms with Crippen molar-refractivity contribution in [2.24, 2.45) is 0 Å². The summed E-state index contributed by atoms with van der Waals surface area (Å²) in [6.45, 7) is 7.68. The summed E-state index contributed by atoms with van der Waals surface area (Å²) in [6, 6.07) is 0. The second kappa shape index (κ2) is 5.94. The number of hydrogen-bond donors (Lipinski definition) is 2. The first-order valence-corrected chi connectivity index (χ1v) is 6.85. The fourth-order valence-corrected chi connectivity index (χ4v) is 2.67. The summed E-state index contributed by atoms with van der Waals surface area (Å²) in [5, 5.41) is 0. The topological polar surface area (TPSA) is 66.8 Å². The van der Waals surface area contributed by atoms with Crippen LogP contribution in [-0.4, -0.2) is 47.6 Å². The van der Waals surface area contributed by atoms with Crippen LogP contribution >= 0.6 is 7.82 Å². The molecule has 0 aliphatic carbocycles. The van der Waals surface area contributed by atoms with Crippen LogP contribution in [0.25, 0.3) is 0 Å². The molecule has 0 saturated heterocycles. The van der Waals surface area contributed by atoms with Crippen LogP contribution in [-0.2, 0) is 9.09 Å². The number of hydrogen-bond acceptors (Lipinski definition) is 2. The molecule has 0 aliphatic rings. The lowest BCUT2D eigenvalue weighted by Crippen LogP contribution is -2.50. The van der Waals surface area contributed by atoms with Crippen molar-refractivity contribution in [3.05, 3.63) is 25.3 Å². The van der Waals surface area contributed by atoms with E-state index in [4.69, 9.17) is 14.3 Å². The minimum Gasteiger partial charge on any atom is -0.328 e. The van der Waals surface area contributed by atoms with Crippen molar-refractivity contribution in [2.45, 2.75) is 18.4 Å². The quantitative estimate of drug-likeness (QED) is 0.398. The molecule has 0 aromatic carbocycles. The molecule has 5 nitrogen and oxygen atoms in total. The Bertz CT molecular complexity index is 306. The van der Waals surface area contributed by atoms with Crippen LogP contribution in [0.3, 0.4) is 0 Å². The third kappa shape index (κ3) is 7.47. The summed E-state index contributed by atoms with van der Waals surface area (Å²) < 4.78 is 16.6. The van der Waals surface area contributed by atoms with E-state index in [1.54, 1.807) is 12.2 Å². The molecule has 0 aliphatic heterocycles. The standard InChI is InChI=1S/C11H22NO4P/c1-6-8-11(9-7-2,10-12(3,4)5)16-17(13,14)15/h6-7H,1-2,8-10H2,3-5H3,(H-,13,14,15)/p+1. The van der Waals surface area contributed by atoms with Gasteiger partial charge in [-0.3, -0.25) is 4.52 Å². The largest absolute Gasteiger partial charge is 0.470 e. The van der Waals surface area contributed by atoms with Crippen LogP contribution in [0.4, 0.5) is 0 Å². The molecule has 100 valence electrons. The van der Waals surface area contributed by atoms with Gasteiger partial charge in [0.2, 0.25) is 0 Å². The Morgan fingerprint density at radius 1 is 1.24 bits per heavy atom. The summed E-state index contributed by atoms with van der Waals surface area (Å²) in [5.74, 6) is 0. The molecule has 0 rings (SSSR count). The Morgan fingerprint density at radius 2 is 1.65 bits per heavy atom. The third-order valence-corrected chi connectivity index (χ3v) is 2.73. The van der Waals surface area contributed by atoms with Crippen LogP contribution in [0, 0.1) is 0 Å². The highest BCUT2D eigenvalue weighted by molar-refractivity contribution is 7.46. The number of nitrogens with zero attached hydrogens (tertiary/aromatic N) is 1. The van der Waals surface area contributed by atoms with Gasteiger partial charge in [-0.15, -0.1) is 13.2 Å². The van der Waals surface area contributed by atoms with E-state index in [1.165, 1.54) is 0 Å². The molecule has 0 amide bonds. The monoisotopic (exact) mass is 264 g/mol. The van der Waals surface area contributed by atoms with E-state index in [2.05, 4.69) is 13.2 Å². The lowest BCUT2D eigenvalue weighted by Gasteiger charge is -2.38.